The van der Waals surface area contributed by atoms with Gasteiger partial charge >= 0.3 is 0 Å². The van der Waals surface area contributed by atoms with E-state index in [0.29, 0.717) is 49.2 Å². The Balaban J connectivity index is 1.34. The van der Waals surface area contributed by atoms with Gasteiger partial charge in [-0.05, 0) is 38.3 Å². The van der Waals surface area contributed by atoms with E-state index in [-0.39, 0.29) is 24.7 Å². The number of imide groups is 1. The summed E-state index contributed by atoms with van der Waals surface area (Å²) < 4.78 is 5.63. The quantitative estimate of drug-likeness (QED) is 0.671. The molecule has 2 heterocycles. The third-order valence-electron chi connectivity index (χ3n) is 6.05. The molecule has 0 spiro atoms. The molecular formula is C25H31N3O5. The number of aliphatic hydroxyl groups excluding tert-OH is 1. The molecule has 0 saturated carbocycles. The van der Waals surface area contributed by atoms with Crippen molar-refractivity contribution in [3.63, 3.8) is 0 Å². The Kier molecular flexibility index (Phi) is 6.52. The average Bonchev–Trinajstić information content (AvgIpc) is 2.78. The van der Waals surface area contributed by atoms with E-state index in [1.807, 2.05) is 32.9 Å². The molecule has 2 aliphatic rings. The highest BCUT2D eigenvalue weighted by Gasteiger charge is 2.35. The minimum atomic E-state index is -0.599. The predicted molar refractivity (Wildman–Crippen MR) is 124 cm³/mol. The Morgan fingerprint density at radius 2 is 1.58 bits per heavy atom. The first kappa shape index (κ1) is 23.4. The third kappa shape index (κ3) is 5.08. The van der Waals surface area contributed by atoms with E-state index in [1.165, 1.54) is 0 Å². The van der Waals surface area contributed by atoms with Crippen LogP contribution >= 0.6 is 0 Å². The number of hydrogen-bond donors (Lipinski definition) is 1. The Hall–Kier alpha value is -2.81. The monoisotopic (exact) mass is 453 g/mol. The van der Waals surface area contributed by atoms with Crippen molar-refractivity contribution in [1.29, 1.82) is 0 Å². The lowest BCUT2D eigenvalue weighted by atomic mass is 9.94. The second-order valence-corrected chi connectivity index (χ2v) is 9.66. The van der Waals surface area contributed by atoms with E-state index < -0.39 is 17.9 Å². The maximum atomic E-state index is 13.0. The normalized spacial score (nSPS) is 18.2. The van der Waals surface area contributed by atoms with E-state index in [2.05, 4.69) is 4.90 Å². The number of rotatable bonds is 6. The molecule has 176 valence electrons. The lowest BCUT2D eigenvalue weighted by Crippen LogP contribution is -2.54. The Morgan fingerprint density at radius 3 is 2.12 bits per heavy atom. The Labute approximate surface area is 193 Å². The summed E-state index contributed by atoms with van der Waals surface area (Å²) in [6.45, 7) is 8.48. The lowest BCUT2D eigenvalue weighted by molar-refractivity contribution is -0.133. The molecule has 33 heavy (non-hydrogen) atoms. The maximum Gasteiger partial charge on any atom is 0.261 e. The first-order chi connectivity index (χ1) is 15.6. The number of hydrogen-bond acceptors (Lipinski definition) is 6. The van der Waals surface area contributed by atoms with Crippen LogP contribution in [0.5, 0.6) is 0 Å². The molecule has 1 saturated heterocycles. The predicted octanol–water partition coefficient (Wildman–Crippen LogP) is 1.76. The van der Waals surface area contributed by atoms with Gasteiger partial charge in [0.05, 0.1) is 18.3 Å². The van der Waals surface area contributed by atoms with Gasteiger partial charge in [0.2, 0.25) is 5.91 Å². The van der Waals surface area contributed by atoms with Crippen molar-refractivity contribution >= 4 is 28.5 Å². The largest absolute Gasteiger partial charge is 0.389 e. The second-order valence-electron chi connectivity index (χ2n) is 9.66. The fourth-order valence-corrected chi connectivity index (χ4v) is 4.34. The van der Waals surface area contributed by atoms with Crippen LogP contribution in [0.15, 0.2) is 36.4 Å². The van der Waals surface area contributed by atoms with Crippen molar-refractivity contribution in [3.05, 3.63) is 47.5 Å². The van der Waals surface area contributed by atoms with Crippen LogP contribution in [0.1, 0.15) is 41.5 Å². The third-order valence-corrected chi connectivity index (χ3v) is 6.05. The lowest BCUT2D eigenvalue weighted by Gasteiger charge is -2.37. The van der Waals surface area contributed by atoms with Crippen LogP contribution in [0.25, 0.3) is 10.8 Å². The van der Waals surface area contributed by atoms with Gasteiger partial charge in [-0.1, -0.05) is 24.3 Å². The zero-order valence-corrected chi connectivity index (χ0v) is 19.4. The zero-order chi connectivity index (χ0) is 23.8. The Bertz CT molecular complexity index is 1020. The first-order valence-corrected chi connectivity index (χ1v) is 11.3. The second kappa shape index (κ2) is 9.21. The van der Waals surface area contributed by atoms with E-state index >= 15 is 0 Å². The number of nitrogens with zero attached hydrogens (tertiary/aromatic N) is 3. The van der Waals surface area contributed by atoms with Crippen molar-refractivity contribution in [2.75, 3.05) is 45.9 Å². The van der Waals surface area contributed by atoms with Crippen molar-refractivity contribution in [3.8, 4) is 0 Å². The van der Waals surface area contributed by atoms with Gasteiger partial charge in [-0.2, -0.15) is 0 Å². The SMILES string of the molecule is CC(C)(C)OC[C@@H](O)CN1CCN(C(=O)CN2C(=O)c3cccc4cccc(c34)C2=O)CC1. The van der Waals surface area contributed by atoms with Gasteiger partial charge < -0.3 is 14.7 Å². The van der Waals surface area contributed by atoms with E-state index in [9.17, 15) is 19.5 Å². The number of piperazine rings is 1. The van der Waals surface area contributed by atoms with Crippen molar-refractivity contribution in [2.45, 2.75) is 32.5 Å². The smallest absolute Gasteiger partial charge is 0.261 e. The van der Waals surface area contributed by atoms with Crippen LogP contribution in [-0.4, -0.2) is 95.1 Å². The molecule has 2 aliphatic heterocycles. The van der Waals surface area contributed by atoms with Crippen molar-refractivity contribution in [2.24, 2.45) is 0 Å². The van der Waals surface area contributed by atoms with Crippen molar-refractivity contribution in [1.82, 2.24) is 14.7 Å². The molecule has 0 aliphatic carbocycles. The molecule has 8 heteroatoms. The summed E-state index contributed by atoms with van der Waals surface area (Å²) in [4.78, 5) is 43.8. The van der Waals surface area contributed by atoms with Crippen LogP contribution < -0.4 is 0 Å². The molecule has 0 aromatic heterocycles. The summed E-state index contributed by atoms with van der Waals surface area (Å²) in [5.74, 6) is -1.11. The van der Waals surface area contributed by atoms with Gasteiger partial charge in [-0.25, -0.2) is 0 Å². The average molecular weight is 454 g/mol. The molecule has 0 unspecified atom stereocenters. The highest BCUT2D eigenvalue weighted by molar-refractivity contribution is 6.26. The summed E-state index contributed by atoms with van der Waals surface area (Å²) in [5, 5.41) is 11.7. The highest BCUT2D eigenvalue weighted by Crippen LogP contribution is 2.29. The fourth-order valence-electron chi connectivity index (χ4n) is 4.34. The molecule has 1 fully saturated rings. The molecule has 1 atom stereocenters. The van der Waals surface area contributed by atoms with Gasteiger partial charge in [0, 0.05) is 49.2 Å². The molecule has 0 radical (unpaired) electrons. The zero-order valence-electron chi connectivity index (χ0n) is 19.4. The number of carbonyl (C=O) groups is 3. The molecule has 0 bridgehead atoms. The standard InChI is InChI=1S/C25H31N3O5/c1-25(2,3)33-16-18(29)14-26-10-12-27(13-11-26)21(30)15-28-23(31)19-8-4-6-17-7-5-9-20(22(17)19)24(28)32/h4-9,18,29H,10-16H2,1-3H3/t18-/m0/s1. The van der Waals surface area contributed by atoms with Crippen LogP contribution in [0.2, 0.25) is 0 Å². The minimum absolute atomic E-state index is 0.250. The van der Waals surface area contributed by atoms with Gasteiger partial charge in [0.25, 0.3) is 11.8 Å². The van der Waals surface area contributed by atoms with E-state index in [4.69, 9.17) is 4.74 Å². The number of carbonyl (C=O) groups excluding carboxylic acids is 3. The number of ether oxygens (including phenoxy) is 1. The van der Waals surface area contributed by atoms with Crippen LogP contribution in [0.4, 0.5) is 0 Å². The maximum absolute atomic E-state index is 13.0. The number of amides is 3. The molecule has 1 N–H and O–H groups in total. The number of aliphatic hydroxyl groups is 1. The van der Waals surface area contributed by atoms with Gasteiger partial charge in [0.15, 0.2) is 0 Å². The summed E-state index contributed by atoms with van der Waals surface area (Å²) in [5.41, 5.74) is 0.597. The summed E-state index contributed by atoms with van der Waals surface area (Å²) in [6, 6.07) is 10.7. The summed E-state index contributed by atoms with van der Waals surface area (Å²) in [7, 11) is 0. The van der Waals surface area contributed by atoms with Crippen LogP contribution in [0, 0.1) is 0 Å². The number of β-amino-alcohol motifs (C(OH)–C–C–N with tert-alkyl or cyclic N) is 1. The molecule has 2 aromatic carbocycles. The molecule has 8 nitrogen and oxygen atoms in total. The molecular weight excluding hydrogens is 422 g/mol. The van der Waals surface area contributed by atoms with Crippen molar-refractivity contribution < 1.29 is 24.2 Å². The highest BCUT2D eigenvalue weighted by atomic mass is 16.5. The minimum Gasteiger partial charge on any atom is -0.389 e. The fraction of sp³-hybridized carbons (Fsp3) is 0.480. The summed E-state index contributed by atoms with van der Waals surface area (Å²) >= 11 is 0. The molecule has 4 rings (SSSR count). The van der Waals surface area contributed by atoms with Gasteiger partial charge in [-0.3, -0.25) is 24.2 Å². The van der Waals surface area contributed by atoms with E-state index in [1.54, 1.807) is 29.2 Å². The van der Waals surface area contributed by atoms with Gasteiger partial charge in [-0.15, -0.1) is 0 Å². The van der Waals surface area contributed by atoms with E-state index in [0.717, 1.165) is 10.3 Å². The van der Waals surface area contributed by atoms with Gasteiger partial charge in [0.1, 0.15) is 6.54 Å². The first-order valence-electron chi connectivity index (χ1n) is 11.3. The summed E-state index contributed by atoms with van der Waals surface area (Å²) in [6.07, 6.45) is -0.599. The number of benzene rings is 2. The Morgan fingerprint density at radius 1 is 1.00 bits per heavy atom. The topological polar surface area (TPSA) is 90.4 Å². The van der Waals surface area contributed by atoms with Crippen LogP contribution in [0.3, 0.4) is 0 Å². The van der Waals surface area contributed by atoms with Crippen LogP contribution in [-0.2, 0) is 9.53 Å². The molecule has 2 aromatic rings. The molecule has 3 amide bonds.